The molecule has 0 saturated heterocycles. The second kappa shape index (κ2) is 4.76. The maximum absolute atomic E-state index is 13.0. The van der Waals surface area contributed by atoms with Gasteiger partial charge in [0.2, 0.25) is 0 Å². The fourth-order valence-corrected chi connectivity index (χ4v) is 1.68. The summed E-state index contributed by atoms with van der Waals surface area (Å²) in [6.07, 6.45) is 0. The third-order valence-corrected chi connectivity index (χ3v) is 2.62. The van der Waals surface area contributed by atoms with Crippen molar-refractivity contribution >= 4 is 17.1 Å². The molecule has 2 aromatic rings. The van der Waals surface area contributed by atoms with Gasteiger partial charge in [-0.3, -0.25) is 0 Å². The van der Waals surface area contributed by atoms with Gasteiger partial charge in [0.15, 0.2) is 0 Å². The molecule has 0 fully saturated rings. The van der Waals surface area contributed by atoms with Crippen LogP contribution >= 0.6 is 0 Å². The first kappa shape index (κ1) is 11.9. The number of nitrogens with one attached hydrogen (secondary N) is 1. The number of nitrogens with zero attached hydrogens (tertiary/aromatic N) is 1. The van der Waals surface area contributed by atoms with Gasteiger partial charge >= 0.3 is 0 Å². The Morgan fingerprint density at radius 1 is 1.17 bits per heavy atom. The molecule has 0 spiro atoms. The first-order chi connectivity index (χ1) is 8.60. The Balaban J connectivity index is 2.37. The maximum Gasteiger partial charge on any atom is 0.123 e. The lowest BCUT2D eigenvalue weighted by atomic mass is 10.1. The zero-order valence-corrected chi connectivity index (χ0v) is 9.87. The largest absolute Gasteiger partial charge is 0.399 e. The van der Waals surface area contributed by atoms with E-state index in [-0.39, 0.29) is 5.82 Å². The Morgan fingerprint density at radius 2 is 1.89 bits per heavy atom. The van der Waals surface area contributed by atoms with Gasteiger partial charge in [0.05, 0.1) is 11.3 Å². The van der Waals surface area contributed by atoms with Crippen LogP contribution in [0.15, 0.2) is 36.4 Å². The zero-order valence-electron chi connectivity index (χ0n) is 9.87. The second-order valence-electron chi connectivity index (χ2n) is 4.00. The van der Waals surface area contributed by atoms with Crippen LogP contribution in [0, 0.1) is 24.1 Å². The van der Waals surface area contributed by atoms with Crippen LogP contribution in [0.2, 0.25) is 0 Å². The molecule has 0 saturated carbocycles. The van der Waals surface area contributed by atoms with Crippen molar-refractivity contribution in [1.29, 1.82) is 5.26 Å². The van der Waals surface area contributed by atoms with Crippen LogP contribution in [0.5, 0.6) is 0 Å². The Hall–Kier alpha value is -2.54. The molecule has 0 amide bonds. The minimum atomic E-state index is -0.282. The number of anilines is 3. The smallest absolute Gasteiger partial charge is 0.123 e. The summed E-state index contributed by atoms with van der Waals surface area (Å²) < 4.78 is 13.0. The highest BCUT2D eigenvalue weighted by molar-refractivity contribution is 5.70. The Morgan fingerprint density at radius 3 is 2.56 bits per heavy atom. The summed E-state index contributed by atoms with van der Waals surface area (Å²) >= 11 is 0. The molecule has 2 rings (SSSR count). The van der Waals surface area contributed by atoms with Crippen molar-refractivity contribution in [2.24, 2.45) is 0 Å². The van der Waals surface area contributed by atoms with Gasteiger partial charge < -0.3 is 11.1 Å². The summed E-state index contributed by atoms with van der Waals surface area (Å²) in [5.74, 6) is -0.282. The zero-order chi connectivity index (χ0) is 13.1. The van der Waals surface area contributed by atoms with Crippen molar-refractivity contribution in [3.05, 3.63) is 53.3 Å². The molecule has 0 aromatic heterocycles. The summed E-state index contributed by atoms with van der Waals surface area (Å²) in [5, 5.41) is 12.1. The minimum absolute atomic E-state index is 0.282. The van der Waals surface area contributed by atoms with Crippen LogP contribution in [-0.2, 0) is 0 Å². The molecular formula is C14H12FN3. The van der Waals surface area contributed by atoms with Gasteiger partial charge in [-0.05, 0) is 48.9 Å². The van der Waals surface area contributed by atoms with Crippen LogP contribution in [-0.4, -0.2) is 0 Å². The number of rotatable bonds is 2. The van der Waals surface area contributed by atoms with E-state index in [2.05, 4.69) is 11.4 Å². The van der Waals surface area contributed by atoms with E-state index in [1.54, 1.807) is 31.2 Å². The summed E-state index contributed by atoms with van der Waals surface area (Å²) in [5.41, 5.74) is 8.80. The molecule has 0 unspecified atom stereocenters. The van der Waals surface area contributed by atoms with Crippen molar-refractivity contribution < 1.29 is 4.39 Å². The summed E-state index contributed by atoms with van der Waals surface area (Å²) in [6.45, 7) is 1.80. The first-order valence-electron chi connectivity index (χ1n) is 5.43. The quantitative estimate of drug-likeness (QED) is 0.793. The number of hydrogen-bond acceptors (Lipinski definition) is 3. The van der Waals surface area contributed by atoms with Gasteiger partial charge in [-0.25, -0.2) is 4.39 Å². The van der Waals surface area contributed by atoms with Crippen molar-refractivity contribution in [3.63, 3.8) is 0 Å². The van der Waals surface area contributed by atoms with Crippen molar-refractivity contribution in [1.82, 2.24) is 0 Å². The third kappa shape index (κ3) is 2.41. The minimum Gasteiger partial charge on any atom is -0.399 e. The van der Waals surface area contributed by atoms with E-state index >= 15 is 0 Å². The van der Waals surface area contributed by atoms with Gasteiger partial charge in [-0.15, -0.1) is 0 Å². The Kier molecular flexibility index (Phi) is 3.16. The van der Waals surface area contributed by atoms with E-state index in [1.165, 1.54) is 12.1 Å². The average molecular weight is 241 g/mol. The van der Waals surface area contributed by atoms with Crippen LogP contribution < -0.4 is 11.1 Å². The highest BCUT2D eigenvalue weighted by Crippen LogP contribution is 2.25. The molecule has 4 heteroatoms. The van der Waals surface area contributed by atoms with Gasteiger partial charge in [0, 0.05) is 11.4 Å². The molecule has 3 N–H and O–H groups in total. The Bertz CT molecular complexity index is 629. The topological polar surface area (TPSA) is 61.8 Å². The molecule has 0 heterocycles. The van der Waals surface area contributed by atoms with Gasteiger partial charge in [0.1, 0.15) is 11.9 Å². The van der Waals surface area contributed by atoms with Crippen LogP contribution in [0.1, 0.15) is 11.1 Å². The second-order valence-corrected chi connectivity index (χ2v) is 4.00. The molecule has 0 aliphatic carbocycles. The number of aryl methyl sites for hydroxylation is 1. The van der Waals surface area contributed by atoms with E-state index < -0.39 is 0 Å². The van der Waals surface area contributed by atoms with Crippen molar-refractivity contribution in [2.45, 2.75) is 6.92 Å². The van der Waals surface area contributed by atoms with E-state index in [1.807, 2.05) is 0 Å². The van der Waals surface area contributed by atoms with E-state index in [9.17, 15) is 4.39 Å². The molecule has 0 aliphatic rings. The summed E-state index contributed by atoms with van der Waals surface area (Å²) in [4.78, 5) is 0. The average Bonchev–Trinajstić information content (AvgIpc) is 2.34. The lowest BCUT2D eigenvalue weighted by Gasteiger charge is -2.11. The lowest BCUT2D eigenvalue weighted by molar-refractivity contribution is 0.627. The van der Waals surface area contributed by atoms with E-state index in [4.69, 9.17) is 11.0 Å². The van der Waals surface area contributed by atoms with E-state index in [0.717, 1.165) is 11.3 Å². The van der Waals surface area contributed by atoms with Gasteiger partial charge in [-0.2, -0.15) is 5.26 Å². The molecule has 3 nitrogen and oxygen atoms in total. The molecule has 0 bridgehead atoms. The maximum atomic E-state index is 13.0. The predicted octanol–water partition coefficient (Wildman–Crippen LogP) is 3.33. The van der Waals surface area contributed by atoms with Crippen LogP contribution in [0.3, 0.4) is 0 Å². The number of halogens is 1. The molecule has 0 radical (unpaired) electrons. The number of nitriles is 1. The fourth-order valence-electron chi connectivity index (χ4n) is 1.68. The monoisotopic (exact) mass is 241 g/mol. The third-order valence-electron chi connectivity index (χ3n) is 2.62. The van der Waals surface area contributed by atoms with Crippen LogP contribution in [0.25, 0.3) is 0 Å². The highest BCUT2D eigenvalue weighted by Gasteiger charge is 2.05. The molecule has 18 heavy (non-hydrogen) atoms. The van der Waals surface area contributed by atoms with Gasteiger partial charge in [-0.1, -0.05) is 0 Å². The predicted molar refractivity (Wildman–Crippen MR) is 70.0 cm³/mol. The standard InChI is InChI=1S/C14H12FN3/c1-9-6-11(15)2-4-13(9)18-14-5-3-12(17)7-10(14)8-16/h2-7,18H,17H2,1H3. The van der Waals surface area contributed by atoms with E-state index in [0.29, 0.717) is 16.9 Å². The van der Waals surface area contributed by atoms with Gasteiger partial charge in [0.25, 0.3) is 0 Å². The number of benzene rings is 2. The first-order valence-corrected chi connectivity index (χ1v) is 5.43. The fraction of sp³-hybridized carbons (Fsp3) is 0.0714. The summed E-state index contributed by atoms with van der Waals surface area (Å²) in [7, 11) is 0. The molecule has 0 aliphatic heterocycles. The van der Waals surface area contributed by atoms with Crippen molar-refractivity contribution in [2.75, 3.05) is 11.1 Å². The SMILES string of the molecule is Cc1cc(F)ccc1Nc1ccc(N)cc1C#N. The number of nitrogen functional groups attached to an aromatic ring is 1. The molecular weight excluding hydrogens is 229 g/mol. The molecule has 90 valence electrons. The van der Waals surface area contributed by atoms with Crippen molar-refractivity contribution in [3.8, 4) is 6.07 Å². The Labute approximate surface area is 105 Å². The number of hydrogen-bond donors (Lipinski definition) is 2. The normalized spacial score (nSPS) is 9.83. The lowest BCUT2D eigenvalue weighted by Crippen LogP contribution is -1.97. The molecule has 0 atom stereocenters. The van der Waals surface area contributed by atoms with Crippen LogP contribution in [0.4, 0.5) is 21.5 Å². The number of nitrogens with two attached hydrogens (primary N) is 1. The highest BCUT2D eigenvalue weighted by atomic mass is 19.1. The molecule has 2 aromatic carbocycles. The summed E-state index contributed by atoms with van der Waals surface area (Å²) in [6, 6.07) is 11.6.